The van der Waals surface area contributed by atoms with Crippen LogP contribution in [0, 0.1) is 0 Å². The zero-order chi connectivity index (χ0) is 15.1. The van der Waals surface area contributed by atoms with Gasteiger partial charge in [0, 0.05) is 18.1 Å². The number of H-pyrrole nitrogens is 1. The molecule has 0 aliphatic carbocycles. The Labute approximate surface area is 119 Å². The SMILES string of the molecule is CC(F)(F)c1ccc(-c2nc(Br)c(C(F)(F)F)[nH]2)cc1. The van der Waals surface area contributed by atoms with Gasteiger partial charge in [-0.1, -0.05) is 24.3 Å². The van der Waals surface area contributed by atoms with Gasteiger partial charge in [-0.05, 0) is 15.9 Å². The monoisotopic (exact) mass is 354 g/mol. The van der Waals surface area contributed by atoms with Gasteiger partial charge in [0.2, 0.25) is 0 Å². The number of alkyl halides is 5. The Morgan fingerprint density at radius 2 is 1.60 bits per heavy atom. The second-order valence-electron chi connectivity index (χ2n) is 4.21. The lowest BCUT2D eigenvalue weighted by atomic mass is 10.1. The zero-order valence-electron chi connectivity index (χ0n) is 10.0. The second-order valence-corrected chi connectivity index (χ2v) is 4.97. The van der Waals surface area contributed by atoms with Crippen molar-refractivity contribution in [1.82, 2.24) is 9.97 Å². The average Bonchev–Trinajstić information content (AvgIpc) is 2.70. The van der Waals surface area contributed by atoms with Gasteiger partial charge in [0.05, 0.1) is 0 Å². The Morgan fingerprint density at radius 3 is 2.00 bits per heavy atom. The number of nitrogens with zero attached hydrogens (tertiary/aromatic N) is 1. The molecule has 0 spiro atoms. The summed E-state index contributed by atoms with van der Waals surface area (Å²) >= 11 is 2.71. The highest BCUT2D eigenvalue weighted by Crippen LogP contribution is 2.35. The number of aromatic nitrogens is 2. The van der Waals surface area contributed by atoms with Crippen molar-refractivity contribution in [3.63, 3.8) is 0 Å². The fourth-order valence-electron chi connectivity index (χ4n) is 1.60. The molecule has 0 amide bonds. The molecule has 0 bridgehead atoms. The van der Waals surface area contributed by atoms with E-state index < -0.39 is 17.8 Å². The van der Waals surface area contributed by atoms with E-state index in [1.165, 1.54) is 12.1 Å². The third-order valence-corrected chi connectivity index (χ3v) is 3.18. The smallest absolute Gasteiger partial charge is 0.333 e. The number of rotatable bonds is 2. The summed E-state index contributed by atoms with van der Waals surface area (Å²) in [5.74, 6) is -3.05. The van der Waals surface area contributed by atoms with Gasteiger partial charge in [-0.3, -0.25) is 0 Å². The third-order valence-electron chi connectivity index (χ3n) is 2.61. The van der Waals surface area contributed by atoms with Crippen LogP contribution >= 0.6 is 15.9 Å². The average molecular weight is 355 g/mol. The van der Waals surface area contributed by atoms with E-state index in [1.807, 2.05) is 0 Å². The van der Waals surface area contributed by atoms with E-state index >= 15 is 0 Å². The maximum atomic E-state index is 13.0. The molecule has 0 saturated carbocycles. The van der Waals surface area contributed by atoms with Crippen LogP contribution in [0.4, 0.5) is 22.0 Å². The Bertz CT molecular complexity index is 610. The van der Waals surface area contributed by atoms with Crippen LogP contribution in [0.2, 0.25) is 0 Å². The van der Waals surface area contributed by atoms with Crippen LogP contribution in [0.1, 0.15) is 18.2 Å². The lowest BCUT2D eigenvalue weighted by Crippen LogP contribution is -2.06. The highest BCUT2D eigenvalue weighted by Gasteiger charge is 2.36. The van der Waals surface area contributed by atoms with E-state index in [4.69, 9.17) is 0 Å². The van der Waals surface area contributed by atoms with Crippen molar-refractivity contribution in [3.05, 3.63) is 40.1 Å². The molecule has 0 aliphatic heterocycles. The van der Waals surface area contributed by atoms with Crippen LogP contribution in [-0.4, -0.2) is 9.97 Å². The lowest BCUT2D eigenvalue weighted by molar-refractivity contribution is -0.141. The Kier molecular flexibility index (Phi) is 3.62. The molecule has 20 heavy (non-hydrogen) atoms. The van der Waals surface area contributed by atoms with Gasteiger partial charge >= 0.3 is 6.18 Å². The number of hydrogen-bond donors (Lipinski definition) is 1. The van der Waals surface area contributed by atoms with Crippen LogP contribution in [0.25, 0.3) is 11.4 Å². The molecular formula is C12H8BrF5N2. The number of benzene rings is 1. The van der Waals surface area contributed by atoms with E-state index in [1.54, 1.807) is 0 Å². The van der Waals surface area contributed by atoms with Crippen molar-refractivity contribution in [2.75, 3.05) is 0 Å². The molecule has 1 aromatic carbocycles. The van der Waals surface area contributed by atoms with Gasteiger partial charge in [0.1, 0.15) is 10.4 Å². The summed E-state index contributed by atoms with van der Waals surface area (Å²) < 4.78 is 63.5. The van der Waals surface area contributed by atoms with Gasteiger partial charge in [0.15, 0.2) is 5.69 Å². The minimum atomic E-state index is -4.57. The first-order chi connectivity index (χ1) is 9.09. The predicted molar refractivity (Wildman–Crippen MR) is 66.3 cm³/mol. The van der Waals surface area contributed by atoms with E-state index in [2.05, 4.69) is 25.9 Å². The molecule has 0 aliphatic rings. The molecule has 0 unspecified atom stereocenters. The molecule has 0 atom stereocenters. The summed E-state index contributed by atoms with van der Waals surface area (Å²) in [7, 11) is 0. The maximum Gasteiger partial charge on any atom is 0.433 e. The molecule has 1 heterocycles. The Morgan fingerprint density at radius 1 is 1.05 bits per heavy atom. The summed E-state index contributed by atoms with van der Waals surface area (Å²) in [4.78, 5) is 5.82. The van der Waals surface area contributed by atoms with E-state index in [0.29, 0.717) is 0 Å². The molecule has 0 radical (unpaired) electrons. The van der Waals surface area contributed by atoms with Crippen molar-refractivity contribution in [3.8, 4) is 11.4 Å². The zero-order valence-corrected chi connectivity index (χ0v) is 11.6. The van der Waals surface area contributed by atoms with Crippen LogP contribution in [-0.2, 0) is 12.1 Å². The maximum absolute atomic E-state index is 13.0. The second kappa shape index (κ2) is 4.83. The highest BCUT2D eigenvalue weighted by molar-refractivity contribution is 9.10. The summed E-state index contributed by atoms with van der Waals surface area (Å²) in [5.41, 5.74) is -0.950. The van der Waals surface area contributed by atoms with E-state index in [-0.39, 0.29) is 21.6 Å². The van der Waals surface area contributed by atoms with Gasteiger partial charge < -0.3 is 4.98 Å². The minimum absolute atomic E-state index is 0.0461. The summed E-state index contributed by atoms with van der Waals surface area (Å²) in [6.45, 7) is 0.743. The van der Waals surface area contributed by atoms with Crippen LogP contribution in [0.5, 0.6) is 0 Å². The van der Waals surface area contributed by atoms with Crippen molar-refractivity contribution >= 4 is 15.9 Å². The van der Waals surface area contributed by atoms with Crippen molar-refractivity contribution < 1.29 is 22.0 Å². The molecular weight excluding hydrogens is 347 g/mol. The largest absolute Gasteiger partial charge is 0.433 e. The number of hydrogen-bond acceptors (Lipinski definition) is 1. The van der Waals surface area contributed by atoms with Gasteiger partial charge in [-0.15, -0.1) is 0 Å². The molecule has 108 valence electrons. The molecule has 2 nitrogen and oxygen atoms in total. The molecule has 2 rings (SSSR count). The standard InChI is InChI=1S/C12H8BrF5N2/c1-11(14,15)7-4-2-6(3-5-7)10-19-8(9(13)20-10)12(16,17)18/h2-5H,1H3,(H,19,20). The minimum Gasteiger partial charge on any atom is -0.333 e. The number of nitrogens with one attached hydrogen (secondary N) is 1. The van der Waals surface area contributed by atoms with Crippen molar-refractivity contribution in [2.45, 2.75) is 19.0 Å². The first-order valence-electron chi connectivity index (χ1n) is 5.40. The Hall–Kier alpha value is -1.44. The van der Waals surface area contributed by atoms with Gasteiger partial charge in [0.25, 0.3) is 5.92 Å². The Balaban J connectivity index is 2.38. The van der Waals surface area contributed by atoms with Gasteiger partial charge in [-0.25, -0.2) is 13.8 Å². The predicted octanol–water partition coefficient (Wildman–Crippen LogP) is 4.97. The highest BCUT2D eigenvalue weighted by atomic mass is 79.9. The molecule has 1 aromatic heterocycles. The third kappa shape index (κ3) is 3.00. The number of halogens is 6. The lowest BCUT2D eigenvalue weighted by Gasteiger charge is -2.10. The molecule has 2 aromatic rings. The van der Waals surface area contributed by atoms with E-state index in [9.17, 15) is 22.0 Å². The normalized spacial score (nSPS) is 12.8. The first-order valence-corrected chi connectivity index (χ1v) is 6.20. The first kappa shape index (κ1) is 15.0. The van der Waals surface area contributed by atoms with E-state index in [0.717, 1.165) is 19.1 Å². The molecule has 0 fully saturated rings. The quantitative estimate of drug-likeness (QED) is 0.758. The number of imidazole rings is 1. The van der Waals surface area contributed by atoms with Gasteiger partial charge in [-0.2, -0.15) is 13.2 Å². The van der Waals surface area contributed by atoms with Crippen molar-refractivity contribution in [2.24, 2.45) is 0 Å². The molecule has 8 heteroatoms. The number of aromatic amines is 1. The van der Waals surface area contributed by atoms with Crippen LogP contribution in [0.15, 0.2) is 28.9 Å². The molecule has 0 saturated heterocycles. The molecule has 1 N–H and O–H groups in total. The summed E-state index contributed by atoms with van der Waals surface area (Å²) in [5, 5.41) is 0. The summed E-state index contributed by atoms with van der Waals surface area (Å²) in [6, 6.07) is 4.88. The van der Waals surface area contributed by atoms with Crippen molar-refractivity contribution in [1.29, 1.82) is 0 Å². The fraction of sp³-hybridized carbons (Fsp3) is 0.250. The summed E-state index contributed by atoms with van der Waals surface area (Å²) in [6.07, 6.45) is -4.57. The fourth-order valence-corrected chi connectivity index (χ4v) is 2.10. The topological polar surface area (TPSA) is 28.7 Å². The van der Waals surface area contributed by atoms with Crippen LogP contribution < -0.4 is 0 Å². The van der Waals surface area contributed by atoms with Crippen LogP contribution in [0.3, 0.4) is 0 Å².